The van der Waals surface area contributed by atoms with E-state index in [1.54, 1.807) is 6.92 Å². The van der Waals surface area contributed by atoms with Crippen molar-refractivity contribution in [1.82, 2.24) is 5.32 Å². The van der Waals surface area contributed by atoms with E-state index in [-0.39, 0.29) is 6.04 Å². The fourth-order valence-electron chi connectivity index (χ4n) is 1.16. The van der Waals surface area contributed by atoms with E-state index < -0.39 is 11.7 Å². The van der Waals surface area contributed by atoms with Crippen LogP contribution in [0.25, 0.3) is 0 Å². The molecule has 0 spiro atoms. The highest BCUT2D eigenvalue weighted by molar-refractivity contribution is 5.47. The summed E-state index contributed by atoms with van der Waals surface area (Å²) < 4.78 is 36.6. The van der Waals surface area contributed by atoms with Crippen LogP contribution in [-0.2, 0) is 11.0 Å². The lowest BCUT2D eigenvalue weighted by atomic mass is 10.1. The van der Waals surface area contributed by atoms with E-state index in [0.29, 0.717) is 12.0 Å². The van der Waals surface area contributed by atoms with Gasteiger partial charge in [-0.15, -0.1) is 0 Å². The molecule has 0 aliphatic rings. The molecule has 0 aliphatic carbocycles. The van der Waals surface area contributed by atoms with Crippen molar-refractivity contribution >= 4 is 6.41 Å². The summed E-state index contributed by atoms with van der Waals surface area (Å²) in [5, 5.41) is 2.46. The summed E-state index contributed by atoms with van der Waals surface area (Å²) in [6, 6.07) is 4.41. The number of hydrogen-bond acceptors (Lipinski definition) is 1. The molecular formula is C10H10F3NO. The van der Waals surface area contributed by atoms with E-state index in [2.05, 4.69) is 5.32 Å². The minimum atomic E-state index is -4.32. The number of carbonyl (C=O) groups excluding carboxylic acids is 1. The molecule has 0 aliphatic heterocycles. The van der Waals surface area contributed by atoms with Gasteiger partial charge in [-0.3, -0.25) is 4.79 Å². The maximum Gasteiger partial charge on any atom is 0.416 e. The van der Waals surface area contributed by atoms with Crippen LogP contribution in [0, 0.1) is 0 Å². The molecule has 0 saturated heterocycles. The molecule has 1 atom stereocenters. The van der Waals surface area contributed by atoms with Crippen molar-refractivity contribution in [2.45, 2.75) is 19.1 Å². The van der Waals surface area contributed by atoms with Crippen LogP contribution in [0.15, 0.2) is 24.3 Å². The highest BCUT2D eigenvalue weighted by Gasteiger charge is 2.30. The Balaban J connectivity index is 2.85. The van der Waals surface area contributed by atoms with Crippen molar-refractivity contribution in [3.05, 3.63) is 35.4 Å². The second-order valence-electron chi connectivity index (χ2n) is 3.13. The average molecular weight is 217 g/mol. The van der Waals surface area contributed by atoms with Crippen LogP contribution in [0.4, 0.5) is 13.2 Å². The first kappa shape index (κ1) is 11.6. The maximum atomic E-state index is 12.2. The standard InChI is InChI=1S/C10H10F3NO/c1-7(14-6-15)8-2-4-9(5-3-8)10(11,12)13/h2-7H,1H3,(H,14,15)/t7-/m1/s1. The van der Waals surface area contributed by atoms with Crippen LogP contribution in [0.1, 0.15) is 24.1 Å². The maximum absolute atomic E-state index is 12.2. The Kier molecular flexibility index (Phi) is 3.34. The van der Waals surface area contributed by atoms with Gasteiger partial charge in [-0.2, -0.15) is 13.2 Å². The number of nitrogens with one attached hydrogen (secondary N) is 1. The number of alkyl halides is 3. The summed E-state index contributed by atoms with van der Waals surface area (Å²) in [7, 11) is 0. The molecule has 1 aromatic rings. The zero-order chi connectivity index (χ0) is 11.5. The Morgan fingerprint density at radius 1 is 1.27 bits per heavy atom. The molecule has 1 rings (SSSR count). The Bertz CT molecular complexity index is 332. The minimum absolute atomic E-state index is 0.287. The van der Waals surface area contributed by atoms with Gasteiger partial charge in [0.15, 0.2) is 0 Å². The number of carbonyl (C=O) groups is 1. The first-order valence-electron chi connectivity index (χ1n) is 4.32. The Morgan fingerprint density at radius 2 is 1.80 bits per heavy atom. The topological polar surface area (TPSA) is 29.1 Å². The van der Waals surface area contributed by atoms with Gasteiger partial charge in [-0.1, -0.05) is 12.1 Å². The molecule has 0 aromatic heterocycles. The van der Waals surface area contributed by atoms with E-state index in [1.165, 1.54) is 12.1 Å². The van der Waals surface area contributed by atoms with Gasteiger partial charge in [-0.05, 0) is 24.6 Å². The lowest BCUT2D eigenvalue weighted by Gasteiger charge is -2.12. The third-order valence-electron chi connectivity index (χ3n) is 2.06. The Morgan fingerprint density at radius 3 is 2.20 bits per heavy atom. The minimum Gasteiger partial charge on any atom is -0.352 e. The van der Waals surface area contributed by atoms with Gasteiger partial charge in [0.2, 0.25) is 6.41 Å². The van der Waals surface area contributed by atoms with Crippen molar-refractivity contribution in [1.29, 1.82) is 0 Å². The number of rotatable bonds is 3. The molecule has 1 aromatic carbocycles. The number of amides is 1. The number of benzene rings is 1. The summed E-state index contributed by atoms with van der Waals surface area (Å²) in [5.74, 6) is 0. The first-order chi connectivity index (χ1) is 6.95. The van der Waals surface area contributed by atoms with E-state index >= 15 is 0 Å². The van der Waals surface area contributed by atoms with Crippen molar-refractivity contribution in [3.63, 3.8) is 0 Å². The molecule has 15 heavy (non-hydrogen) atoms. The quantitative estimate of drug-likeness (QED) is 0.774. The van der Waals surface area contributed by atoms with Gasteiger partial charge in [0.1, 0.15) is 0 Å². The second-order valence-corrected chi connectivity index (χ2v) is 3.13. The van der Waals surface area contributed by atoms with Gasteiger partial charge in [0.05, 0.1) is 11.6 Å². The normalized spacial score (nSPS) is 13.3. The first-order valence-corrected chi connectivity index (χ1v) is 4.32. The molecule has 0 radical (unpaired) electrons. The third kappa shape index (κ3) is 2.97. The molecule has 82 valence electrons. The van der Waals surface area contributed by atoms with Crippen LogP contribution in [0.5, 0.6) is 0 Å². The zero-order valence-electron chi connectivity index (χ0n) is 8.01. The highest BCUT2D eigenvalue weighted by atomic mass is 19.4. The highest BCUT2D eigenvalue weighted by Crippen LogP contribution is 2.29. The van der Waals surface area contributed by atoms with Gasteiger partial charge in [0.25, 0.3) is 0 Å². The molecule has 5 heteroatoms. The monoisotopic (exact) mass is 217 g/mol. The predicted molar refractivity (Wildman–Crippen MR) is 49.1 cm³/mol. The molecule has 0 saturated carbocycles. The molecule has 1 N–H and O–H groups in total. The molecular weight excluding hydrogens is 207 g/mol. The molecule has 0 bridgehead atoms. The van der Waals surface area contributed by atoms with Gasteiger partial charge in [-0.25, -0.2) is 0 Å². The van der Waals surface area contributed by atoms with Crippen molar-refractivity contribution < 1.29 is 18.0 Å². The number of hydrogen-bond donors (Lipinski definition) is 1. The molecule has 2 nitrogen and oxygen atoms in total. The Labute approximate surface area is 85.1 Å². The van der Waals surface area contributed by atoms with Gasteiger partial charge >= 0.3 is 6.18 Å². The zero-order valence-corrected chi connectivity index (χ0v) is 8.01. The van der Waals surface area contributed by atoms with Gasteiger partial charge < -0.3 is 5.32 Å². The second kappa shape index (κ2) is 4.33. The van der Waals surface area contributed by atoms with Crippen molar-refractivity contribution in [2.24, 2.45) is 0 Å². The van der Waals surface area contributed by atoms with E-state index in [9.17, 15) is 18.0 Å². The smallest absolute Gasteiger partial charge is 0.352 e. The predicted octanol–water partition coefficient (Wildman–Crippen LogP) is 2.51. The average Bonchev–Trinajstić information content (AvgIpc) is 2.17. The van der Waals surface area contributed by atoms with Crippen LogP contribution in [0.3, 0.4) is 0 Å². The molecule has 0 heterocycles. The lowest BCUT2D eigenvalue weighted by molar-refractivity contribution is -0.137. The Hall–Kier alpha value is -1.52. The van der Waals surface area contributed by atoms with E-state index in [4.69, 9.17) is 0 Å². The summed E-state index contributed by atoms with van der Waals surface area (Å²) in [6.07, 6.45) is -3.80. The fourth-order valence-corrected chi connectivity index (χ4v) is 1.16. The van der Waals surface area contributed by atoms with Crippen LogP contribution in [0.2, 0.25) is 0 Å². The lowest BCUT2D eigenvalue weighted by Crippen LogP contribution is -2.16. The van der Waals surface area contributed by atoms with Crippen LogP contribution < -0.4 is 5.32 Å². The van der Waals surface area contributed by atoms with Crippen molar-refractivity contribution in [3.8, 4) is 0 Å². The summed E-state index contributed by atoms with van der Waals surface area (Å²) in [5.41, 5.74) is -0.0559. The fraction of sp³-hybridized carbons (Fsp3) is 0.300. The largest absolute Gasteiger partial charge is 0.416 e. The van der Waals surface area contributed by atoms with E-state index in [0.717, 1.165) is 12.1 Å². The number of halogens is 3. The van der Waals surface area contributed by atoms with Crippen molar-refractivity contribution in [2.75, 3.05) is 0 Å². The van der Waals surface area contributed by atoms with Gasteiger partial charge in [0, 0.05) is 0 Å². The molecule has 0 unspecified atom stereocenters. The third-order valence-corrected chi connectivity index (χ3v) is 2.06. The summed E-state index contributed by atoms with van der Waals surface area (Å²) >= 11 is 0. The van der Waals surface area contributed by atoms with Crippen LogP contribution >= 0.6 is 0 Å². The SMILES string of the molecule is C[C@@H](NC=O)c1ccc(C(F)(F)F)cc1. The van der Waals surface area contributed by atoms with Crippen LogP contribution in [-0.4, -0.2) is 6.41 Å². The summed E-state index contributed by atoms with van der Waals surface area (Å²) in [6.45, 7) is 1.69. The van der Waals surface area contributed by atoms with E-state index in [1.807, 2.05) is 0 Å². The molecule has 1 amide bonds. The molecule has 0 fully saturated rings. The summed E-state index contributed by atoms with van der Waals surface area (Å²) in [4.78, 5) is 10.1.